The first-order chi connectivity index (χ1) is 7.61. The van der Waals surface area contributed by atoms with Crippen molar-refractivity contribution in [2.75, 3.05) is 0 Å². The summed E-state index contributed by atoms with van der Waals surface area (Å²) in [5.74, 6) is 0. The molecule has 0 amide bonds. The van der Waals surface area contributed by atoms with E-state index in [1.807, 2.05) is 24.0 Å². The Morgan fingerprint density at radius 2 is 1.88 bits per heavy atom. The van der Waals surface area contributed by atoms with Gasteiger partial charge in [-0.2, -0.15) is 5.10 Å². The standard InChI is InChI=1S/C13H24N2O/c1-4-8-13(16,9-5-2)10-6-12-7-11-14-15(12)3/h7,11,16H,4-6,8-10H2,1-3H3. The molecule has 0 saturated heterocycles. The number of aromatic nitrogens is 2. The number of rotatable bonds is 7. The van der Waals surface area contributed by atoms with Crippen LogP contribution in [0.25, 0.3) is 0 Å². The molecule has 0 unspecified atom stereocenters. The summed E-state index contributed by atoms with van der Waals surface area (Å²) < 4.78 is 1.89. The van der Waals surface area contributed by atoms with Crippen LogP contribution in [0, 0.1) is 0 Å². The van der Waals surface area contributed by atoms with E-state index in [0.717, 1.165) is 38.5 Å². The van der Waals surface area contributed by atoms with Crippen molar-refractivity contribution in [3.8, 4) is 0 Å². The van der Waals surface area contributed by atoms with Gasteiger partial charge in [0.05, 0.1) is 5.60 Å². The summed E-state index contributed by atoms with van der Waals surface area (Å²) in [6.45, 7) is 4.26. The van der Waals surface area contributed by atoms with Crippen LogP contribution in [0.1, 0.15) is 51.6 Å². The largest absolute Gasteiger partial charge is 0.390 e. The Morgan fingerprint density at radius 1 is 1.25 bits per heavy atom. The van der Waals surface area contributed by atoms with E-state index in [1.165, 1.54) is 5.69 Å². The van der Waals surface area contributed by atoms with Gasteiger partial charge in [-0.1, -0.05) is 26.7 Å². The van der Waals surface area contributed by atoms with Crippen LogP contribution in [0.5, 0.6) is 0 Å². The second-order valence-electron chi connectivity index (χ2n) is 4.67. The van der Waals surface area contributed by atoms with Gasteiger partial charge in [0.25, 0.3) is 0 Å². The molecular formula is C13H24N2O. The molecule has 0 aliphatic rings. The molecule has 0 radical (unpaired) electrons. The van der Waals surface area contributed by atoms with E-state index in [9.17, 15) is 5.11 Å². The van der Waals surface area contributed by atoms with Crippen LogP contribution in [0.3, 0.4) is 0 Å². The lowest BCUT2D eigenvalue weighted by atomic mass is 9.87. The molecule has 92 valence electrons. The van der Waals surface area contributed by atoms with Crippen LogP contribution < -0.4 is 0 Å². The van der Waals surface area contributed by atoms with E-state index in [0.29, 0.717) is 0 Å². The fourth-order valence-electron chi connectivity index (χ4n) is 2.31. The van der Waals surface area contributed by atoms with Crippen LogP contribution in [0.4, 0.5) is 0 Å². The monoisotopic (exact) mass is 224 g/mol. The highest BCUT2D eigenvalue weighted by Crippen LogP contribution is 2.25. The maximum atomic E-state index is 10.5. The quantitative estimate of drug-likeness (QED) is 0.773. The van der Waals surface area contributed by atoms with Crippen molar-refractivity contribution >= 4 is 0 Å². The van der Waals surface area contributed by atoms with E-state index >= 15 is 0 Å². The number of hydrogen-bond donors (Lipinski definition) is 1. The smallest absolute Gasteiger partial charge is 0.0651 e. The van der Waals surface area contributed by atoms with E-state index in [4.69, 9.17) is 0 Å². The normalized spacial score (nSPS) is 12.0. The average Bonchev–Trinajstić information content (AvgIpc) is 2.62. The maximum Gasteiger partial charge on any atom is 0.0651 e. The molecule has 3 nitrogen and oxygen atoms in total. The molecule has 0 spiro atoms. The number of aryl methyl sites for hydroxylation is 2. The highest BCUT2D eigenvalue weighted by Gasteiger charge is 2.24. The Hall–Kier alpha value is -0.830. The minimum absolute atomic E-state index is 0.478. The molecule has 0 aromatic carbocycles. The fraction of sp³-hybridized carbons (Fsp3) is 0.769. The minimum atomic E-state index is -0.478. The predicted octanol–water partition coefficient (Wildman–Crippen LogP) is 2.68. The summed E-state index contributed by atoms with van der Waals surface area (Å²) in [5, 5.41) is 14.6. The van der Waals surface area contributed by atoms with Gasteiger partial charge in [0, 0.05) is 18.9 Å². The summed E-state index contributed by atoms with van der Waals surface area (Å²) in [4.78, 5) is 0. The molecule has 1 aromatic rings. The van der Waals surface area contributed by atoms with Gasteiger partial charge in [0.15, 0.2) is 0 Å². The maximum absolute atomic E-state index is 10.5. The first-order valence-corrected chi connectivity index (χ1v) is 6.30. The van der Waals surface area contributed by atoms with Gasteiger partial charge < -0.3 is 5.11 Å². The molecule has 0 saturated carbocycles. The predicted molar refractivity (Wildman–Crippen MR) is 66.3 cm³/mol. The van der Waals surface area contributed by atoms with Crippen molar-refractivity contribution in [2.45, 2.75) is 58.0 Å². The molecule has 0 fully saturated rings. The third-order valence-electron chi connectivity index (χ3n) is 3.20. The van der Waals surface area contributed by atoms with Gasteiger partial charge in [-0.3, -0.25) is 4.68 Å². The minimum Gasteiger partial charge on any atom is -0.390 e. The zero-order valence-electron chi connectivity index (χ0n) is 10.7. The zero-order chi connectivity index (χ0) is 12.0. The summed E-state index contributed by atoms with van der Waals surface area (Å²) in [6, 6.07) is 2.03. The molecule has 0 atom stereocenters. The lowest BCUT2D eigenvalue weighted by Crippen LogP contribution is -2.29. The summed E-state index contributed by atoms with van der Waals surface area (Å²) in [5.41, 5.74) is 0.721. The fourth-order valence-corrected chi connectivity index (χ4v) is 2.31. The van der Waals surface area contributed by atoms with Crippen LogP contribution >= 0.6 is 0 Å². The van der Waals surface area contributed by atoms with Crippen molar-refractivity contribution < 1.29 is 5.11 Å². The Balaban J connectivity index is 2.53. The first kappa shape index (κ1) is 13.2. The van der Waals surface area contributed by atoms with Crippen LogP contribution in [0.2, 0.25) is 0 Å². The van der Waals surface area contributed by atoms with Crippen LogP contribution in [-0.2, 0) is 13.5 Å². The van der Waals surface area contributed by atoms with E-state index in [2.05, 4.69) is 18.9 Å². The summed E-state index contributed by atoms with van der Waals surface area (Å²) in [6.07, 6.45) is 7.45. The number of aliphatic hydroxyl groups is 1. The van der Waals surface area contributed by atoms with Crippen molar-refractivity contribution in [3.63, 3.8) is 0 Å². The second kappa shape index (κ2) is 6.04. The Kier molecular flexibility index (Phi) is 5.00. The van der Waals surface area contributed by atoms with E-state index in [1.54, 1.807) is 0 Å². The molecule has 0 bridgehead atoms. The van der Waals surface area contributed by atoms with Gasteiger partial charge in [-0.15, -0.1) is 0 Å². The molecular weight excluding hydrogens is 200 g/mol. The molecule has 1 N–H and O–H groups in total. The molecule has 1 rings (SSSR count). The SMILES string of the molecule is CCCC(O)(CCC)CCc1ccnn1C. The first-order valence-electron chi connectivity index (χ1n) is 6.30. The Bertz CT molecular complexity index is 301. The third kappa shape index (κ3) is 3.63. The number of nitrogens with zero attached hydrogens (tertiary/aromatic N) is 2. The average molecular weight is 224 g/mol. The van der Waals surface area contributed by atoms with Gasteiger partial charge in [-0.05, 0) is 31.7 Å². The number of hydrogen-bond acceptors (Lipinski definition) is 2. The highest BCUT2D eigenvalue weighted by atomic mass is 16.3. The molecule has 1 heterocycles. The van der Waals surface area contributed by atoms with Gasteiger partial charge in [0.2, 0.25) is 0 Å². The Labute approximate surface area is 98.5 Å². The third-order valence-corrected chi connectivity index (χ3v) is 3.20. The van der Waals surface area contributed by atoms with Crippen molar-refractivity contribution in [1.82, 2.24) is 9.78 Å². The zero-order valence-corrected chi connectivity index (χ0v) is 10.7. The second-order valence-corrected chi connectivity index (χ2v) is 4.67. The molecule has 0 aliphatic heterocycles. The molecule has 3 heteroatoms. The van der Waals surface area contributed by atoms with Crippen molar-refractivity contribution in [2.24, 2.45) is 7.05 Å². The van der Waals surface area contributed by atoms with Gasteiger partial charge >= 0.3 is 0 Å². The lowest BCUT2D eigenvalue weighted by Gasteiger charge is -2.27. The lowest BCUT2D eigenvalue weighted by molar-refractivity contribution is 0.0128. The van der Waals surface area contributed by atoms with Crippen molar-refractivity contribution in [3.05, 3.63) is 18.0 Å². The summed E-state index contributed by atoms with van der Waals surface area (Å²) in [7, 11) is 1.95. The van der Waals surface area contributed by atoms with Crippen LogP contribution in [-0.4, -0.2) is 20.5 Å². The van der Waals surface area contributed by atoms with Crippen molar-refractivity contribution in [1.29, 1.82) is 0 Å². The van der Waals surface area contributed by atoms with Gasteiger partial charge in [-0.25, -0.2) is 0 Å². The molecule has 16 heavy (non-hydrogen) atoms. The van der Waals surface area contributed by atoms with E-state index in [-0.39, 0.29) is 0 Å². The topological polar surface area (TPSA) is 38.1 Å². The molecule has 1 aromatic heterocycles. The highest BCUT2D eigenvalue weighted by molar-refractivity contribution is 5.01. The van der Waals surface area contributed by atoms with Crippen LogP contribution in [0.15, 0.2) is 12.3 Å². The summed E-state index contributed by atoms with van der Waals surface area (Å²) >= 11 is 0. The van der Waals surface area contributed by atoms with E-state index < -0.39 is 5.60 Å². The van der Waals surface area contributed by atoms with Gasteiger partial charge in [0.1, 0.15) is 0 Å². The Morgan fingerprint density at radius 3 is 2.31 bits per heavy atom. The molecule has 0 aliphatic carbocycles.